The highest BCUT2D eigenvalue weighted by molar-refractivity contribution is 6.00. The van der Waals surface area contributed by atoms with Gasteiger partial charge in [-0.05, 0) is 25.0 Å². The van der Waals surface area contributed by atoms with E-state index in [0.29, 0.717) is 25.3 Å². The number of hydrogen-bond donors (Lipinski definition) is 2. The lowest BCUT2D eigenvalue weighted by Gasteiger charge is -2.25. The van der Waals surface area contributed by atoms with Gasteiger partial charge in [0.15, 0.2) is 0 Å². The number of nitrogens with one attached hydrogen (secondary N) is 1. The minimum absolute atomic E-state index is 0.103. The third-order valence-corrected chi connectivity index (χ3v) is 5.45. The van der Waals surface area contributed by atoms with Crippen LogP contribution in [0.15, 0.2) is 29.1 Å². The smallest absolute Gasteiger partial charge is 0.261 e. The second-order valence-electron chi connectivity index (χ2n) is 6.74. The van der Waals surface area contributed by atoms with Crippen molar-refractivity contribution in [2.24, 2.45) is 5.92 Å². The Morgan fingerprint density at radius 1 is 1.46 bits per heavy atom. The van der Waals surface area contributed by atoms with Crippen molar-refractivity contribution in [1.82, 2.24) is 9.88 Å². The highest BCUT2D eigenvalue weighted by atomic mass is 16.5. The van der Waals surface area contributed by atoms with Crippen LogP contribution in [0.1, 0.15) is 22.3 Å². The highest BCUT2D eigenvalue weighted by Crippen LogP contribution is 2.39. The molecule has 0 radical (unpaired) electrons. The van der Waals surface area contributed by atoms with Gasteiger partial charge in [0.05, 0.1) is 13.2 Å². The van der Waals surface area contributed by atoms with Crippen LogP contribution in [-0.2, 0) is 4.74 Å². The molecule has 0 bridgehead atoms. The van der Waals surface area contributed by atoms with E-state index in [1.54, 1.807) is 11.8 Å². The normalized spacial score (nSPS) is 26.1. The van der Waals surface area contributed by atoms with E-state index in [9.17, 15) is 14.7 Å². The van der Waals surface area contributed by atoms with Gasteiger partial charge in [-0.2, -0.15) is 0 Å². The number of H-pyrrole nitrogens is 1. The molecule has 2 saturated heterocycles. The highest BCUT2D eigenvalue weighted by Gasteiger charge is 2.52. The topological polar surface area (TPSA) is 82.6 Å². The predicted molar refractivity (Wildman–Crippen MR) is 89.1 cm³/mol. The van der Waals surface area contributed by atoms with E-state index in [4.69, 9.17) is 4.74 Å². The molecule has 3 heterocycles. The number of likely N-dealkylation sites (tertiary alicyclic amines) is 1. The molecule has 2 fully saturated rings. The van der Waals surface area contributed by atoms with E-state index in [1.165, 1.54) is 0 Å². The molecule has 1 aromatic heterocycles. The summed E-state index contributed by atoms with van der Waals surface area (Å²) in [6.07, 6.45) is 0.831. The number of rotatable bonds is 2. The van der Waals surface area contributed by atoms with Gasteiger partial charge >= 0.3 is 0 Å². The largest absolute Gasteiger partial charge is 0.393 e. The Balaban J connectivity index is 1.74. The zero-order valence-corrected chi connectivity index (χ0v) is 13.5. The number of benzene rings is 1. The van der Waals surface area contributed by atoms with Crippen molar-refractivity contribution in [2.75, 3.05) is 26.3 Å². The summed E-state index contributed by atoms with van der Waals surface area (Å²) in [6.45, 7) is 3.17. The van der Waals surface area contributed by atoms with Gasteiger partial charge in [0.25, 0.3) is 11.5 Å². The van der Waals surface area contributed by atoms with Gasteiger partial charge in [-0.25, -0.2) is 0 Å². The van der Waals surface area contributed by atoms with Gasteiger partial charge in [0, 0.05) is 30.0 Å². The lowest BCUT2D eigenvalue weighted by molar-refractivity contribution is -0.0447. The molecule has 2 aromatic rings. The molecule has 6 nitrogen and oxygen atoms in total. The molecule has 4 rings (SSSR count). The van der Waals surface area contributed by atoms with Crippen LogP contribution in [0.25, 0.3) is 10.9 Å². The van der Waals surface area contributed by atoms with Crippen LogP contribution in [0.3, 0.4) is 0 Å². The van der Waals surface area contributed by atoms with E-state index >= 15 is 0 Å². The number of aliphatic hydroxyl groups is 1. The number of carbonyl (C=O) groups excluding carboxylic acids is 1. The van der Waals surface area contributed by atoms with Crippen LogP contribution in [-0.4, -0.2) is 52.8 Å². The first-order chi connectivity index (χ1) is 11.6. The SMILES string of the molecule is Cc1c(C(=O)N2C[C@@H]3CCO[C@]3(CO)C2)c(=O)[nH]c2ccccc12. The molecule has 2 N–H and O–H groups in total. The molecule has 0 unspecified atom stereocenters. The summed E-state index contributed by atoms with van der Waals surface area (Å²) in [6, 6.07) is 7.46. The molecule has 0 spiro atoms. The van der Waals surface area contributed by atoms with Crippen molar-refractivity contribution in [3.8, 4) is 0 Å². The lowest BCUT2D eigenvalue weighted by atomic mass is 9.92. The molecular weight excluding hydrogens is 308 g/mol. The van der Waals surface area contributed by atoms with Gasteiger partial charge in [-0.15, -0.1) is 0 Å². The fourth-order valence-corrected chi connectivity index (χ4v) is 4.08. The summed E-state index contributed by atoms with van der Waals surface area (Å²) in [5.41, 5.74) is 0.571. The van der Waals surface area contributed by atoms with Crippen LogP contribution in [0.2, 0.25) is 0 Å². The Morgan fingerprint density at radius 2 is 2.25 bits per heavy atom. The molecule has 6 heteroatoms. The monoisotopic (exact) mass is 328 g/mol. The zero-order chi connectivity index (χ0) is 16.9. The molecule has 126 valence electrons. The first-order valence-corrected chi connectivity index (χ1v) is 8.21. The molecule has 1 amide bonds. The average molecular weight is 328 g/mol. The van der Waals surface area contributed by atoms with E-state index in [2.05, 4.69) is 4.98 Å². The number of carbonyl (C=O) groups is 1. The fraction of sp³-hybridized carbons (Fsp3) is 0.444. The van der Waals surface area contributed by atoms with Crippen molar-refractivity contribution < 1.29 is 14.6 Å². The predicted octanol–water partition coefficient (Wildman–Crippen LogP) is 1.06. The van der Waals surface area contributed by atoms with Crippen molar-refractivity contribution in [3.05, 3.63) is 45.7 Å². The van der Waals surface area contributed by atoms with Crippen molar-refractivity contribution >= 4 is 16.8 Å². The number of aromatic amines is 1. The Labute approximate surface area is 139 Å². The van der Waals surface area contributed by atoms with Gasteiger partial charge in [0.2, 0.25) is 0 Å². The number of hydrogen-bond acceptors (Lipinski definition) is 4. The van der Waals surface area contributed by atoms with Gasteiger partial charge < -0.3 is 19.7 Å². The average Bonchev–Trinajstić information content (AvgIpc) is 3.12. The molecule has 2 aliphatic rings. The number of nitrogens with zero attached hydrogens (tertiary/aromatic N) is 1. The molecule has 2 aliphatic heterocycles. The molecule has 1 aromatic carbocycles. The number of para-hydroxylation sites is 1. The maximum absolute atomic E-state index is 13.0. The second kappa shape index (κ2) is 5.43. The maximum Gasteiger partial charge on any atom is 0.261 e. The van der Waals surface area contributed by atoms with Gasteiger partial charge in [0.1, 0.15) is 11.2 Å². The summed E-state index contributed by atoms with van der Waals surface area (Å²) in [4.78, 5) is 29.9. The Bertz CT molecular complexity index is 875. The third kappa shape index (κ3) is 2.10. The van der Waals surface area contributed by atoms with E-state index < -0.39 is 5.60 Å². The van der Waals surface area contributed by atoms with Crippen LogP contribution >= 0.6 is 0 Å². The first-order valence-electron chi connectivity index (χ1n) is 8.21. The summed E-state index contributed by atoms with van der Waals surface area (Å²) >= 11 is 0. The van der Waals surface area contributed by atoms with Crippen LogP contribution < -0.4 is 5.56 Å². The number of aliphatic hydroxyl groups excluding tert-OH is 1. The standard InChI is InChI=1S/C18H20N2O4/c1-11-13-4-2-3-5-14(13)19-16(22)15(11)17(23)20-8-12-6-7-24-18(12,9-20)10-21/h2-5,12,21H,6-10H2,1H3,(H,19,22)/t12-,18-/m0/s1. The number of fused-ring (bicyclic) bond motifs is 2. The Hall–Kier alpha value is -2.18. The number of pyridine rings is 1. The molecule has 0 saturated carbocycles. The summed E-state index contributed by atoms with van der Waals surface area (Å²) in [7, 11) is 0. The Morgan fingerprint density at radius 3 is 3.00 bits per heavy atom. The number of amides is 1. The quantitative estimate of drug-likeness (QED) is 0.863. The molecular formula is C18H20N2O4. The van der Waals surface area contributed by atoms with E-state index in [0.717, 1.165) is 17.3 Å². The van der Waals surface area contributed by atoms with Crippen molar-refractivity contribution in [3.63, 3.8) is 0 Å². The molecule has 0 aliphatic carbocycles. The molecule has 2 atom stereocenters. The number of aromatic nitrogens is 1. The van der Waals surface area contributed by atoms with Crippen molar-refractivity contribution in [2.45, 2.75) is 18.9 Å². The van der Waals surface area contributed by atoms with E-state index in [-0.39, 0.29) is 29.6 Å². The van der Waals surface area contributed by atoms with E-state index in [1.807, 2.05) is 24.3 Å². The summed E-state index contributed by atoms with van der Waals surface area (Å²) in [5.74, 6) is -0.156. The van der Waals surface area contributed by atoms with Crippen LogP contribution in [0, 0.1) is 12.8 Å². The fourth-order valence-electron chi connectivity index (χ4n) is 4.08. The summed E-state index contributed by atoms with van der Waals surface area (Å²) < 4.78 is 5.73. The Kier molecular flexibility index (Phi) is 3.47. The lowest BCUT2D eigenvalue weighted by Crippen LogP contribution is -2.42. The number of ether oxygens (including phenoxy) is 1. The maximum atomic E-state index is 13.0. The zero-order valence-electron chi connectivity index (χ0n) is 13.5. The van der Waals surface area contributed by atoms with Crippen LogP contribution in [0.4, 0.5) is 0 Å². The third-order valence-electron chi connectivity index (χ3n) is 5.45. The van der Waals surface area contributed by atoms with Crippen molar-refractivity contribution in [1.29, 1.82) is 0 Å². The number of aryl methyl sites for hydroxylation is 1. The summed E-state index contributed by atoms with van der Waals surface area (Å²) in [5, 5.41) is 10.6. The minimum atomic E-state index is -0.660. The second-order valence-corrected chi connectivity index (χ2v) is 6.74. The van der Waals surface area contributed by atoms with Gasteiger partial charge in [-0.3, -0.25) is 9.59 Å². The molecule has 24 heavy (non-hydrogen) atoms. The van der Waals surface area contributed by atoms with Gasteiger partial charge in [-0.1, -0.05) is 18.2 Å². The first kappa shape index (κ1) is 15.4. The van der Waals surface area contributed by atoms with Crippen LogP contribution in [0.5, 0.6) is 0 Å². The minimum Gasteiger partial charge on any atom is -0.393 e.